The zero-order valence-corrected chi connectivity index (χ0v) is 14.6. The molecule has 0 atom stereocenters. The van der Waals surface area contributed by atoms with Crippen molar-refractivity contribution in [1.29, 1.82) is 0 Å². The van der Waals surface area contributed by atoms with Crippen LogP contribution in [-0.4, -0.2) is 67.2 Å². The van der Waals surface area contributed by atoms with Crippen LogP contribution in [0, 0.1) is 0 Å². The van der Waals surface area contributed by atoms with Gasteiger partial charge < -0.3 is 44.9 Å². The summed E-state index contributed by atoms with van der Waals surface area (Å²) in [4.78, 5) is 64.7. The molecule has 0 saturated heterocycles. The second-order valence-electron chi connectivity index (χ2n) is 4.13. The van der Waals surface area contributed by atoms with E-state index in [9.17, 15) is 4.79 Å². The highest BCUT2D eigenvalue weighted by Gasteiger charge is 2.08. The van der Waals surface area contributed by atoms with Crippen LogP contribution in [0.4, 0.5) is 5.95 Å². The average molecular weight is 421 g/mol. The summed E-state index contributed by atoms with van der Waals surface area (Å²) in [6, 6.07) is 0. The molecule has 0 spiro atoms. The number of imidazole rings is 1. The number of nitrogens with one attached hydrogen (secondary N) is 1. The van der Waals surface area contributed by atoms with Crippen molar-refractivity contribution in [2.24, 2.45) is 0 Å². The first-order valence-corrected chi connectivity index (χ1v) is 9.31. The Morgan fingerprint density at radius 2 is 1.65 bits per heavy atom. The van der Waals surface area contributed by atoms with Crippen LogP contribution in [0.1, 0.15) is 0 Å². The van der Waals surface area contributed by atoms with E-state index in [2.05, 4.69) is 15.0 Å². The Hall–Kier alpha value is -1.71. The number of aliphatic hydroxyl groups excluding tert-OH is 1. The lowest BCUT2D eigenvalue weighted by molar-refractivity contribution is 0.0499. The Kier molecular flexibility index (Phi) is 9.75. The van der Waals surface area contributed by atoms with Gasteiger partial charge in [0.2, 0.25) is 5.95 Å². The maximum Gasteiger partial charge on any atom is 0.466 e. The topological polar surface area (TPSA) is 275 Å². The van der Waals surface area contributed by atoms with Gasteiger partial charge in [0.25, 0.3) is 5.56 Å². The summed E-state index contributed by atoms with van der Waals surface area (Å²) in [7, 11) is -9.28. The minimum atomic E-state index is -4.64. The molecule has 0 amide bonds. The molecule has 0 fully saturated rings. The first-order valence-electron chi connectivity index (χ1n) is 6.18. The number of aliphatic hydroxyl groups is 1. The van der Waals surface area contributed by atoms with Crippen molar-refractivity contribution in [2.75, 3.05) is 18.9 Å². The van der Waals surface area contributed by atoms with Crippen LogP contribution in [0.2, 0.25) is 0 Å². The van der Waals surface area contributed by atoms with Gasteiger partial charge in [-0.05, 0) is 0 Å². The van der Waals surface area contributed by atoms with Gasteiger partial charge in [0, 0.05) is 0 Å². The van der Waals surface area contributed by atoms with Crippen LogP contribution in [0.15, 0.2) is 11.1 Å². The molecule has 0 aromatic carbocycles. The van der Waals surface area contributed by atoms with Gasteiger partial charge in [-0.1, -0.05) is 0 Å². The molecule has 150 valence electrons. The molecule has 10 N–H and O–H groups in total. The molecule has 0 radical (unpaired) electrons. The molecular weight excluding hydrogens is 404 g/mol. The second-order valence-corrected chi connectivity index (χ2v) is 6.18. The van der Waals surface area contributed by atoms with E-state index >= 15 is 0 Å². The fourth-order valence-corrected chi connectivity index (χ4v) is 1.29. The van der Waals surface area contributed by atoms with Gasteiger partial charge in [0.05, 0.1) is 19.5 Å². The molecule has 26 heavy (non-hydrogen) atoms. The number of H-pyrrole nitrogens is 1. The predicted octanol–water partition coefficient (Wildman–Crippen LogP) is -3.19. The monoisotopic (exact) mass is 421 g/mol. The quantitative estimate of drug-likeness (QED) is 0.174. The van der Waals surface area contributed by atoms with Crippen LogP contribution in [0.25, 0.3) is 11.2 Å². The maximum atomic E-state index is 11.4. The summed E-state index contributed by atoms with van der Waals surface area (Å²) in [5.41, 5.74) is 5.60. The van der Waals surface area contributed by atoms with Gasteiger partial charge in [0.15, 0.2) is 11.2 Å². The highest BCUT2D eigenvalue weighted by molar-refractivity contribution is 7.45. The summed E-state index contributed by atoms with van der Waals surface area (Å²) >= 11 is 0. The van der Waals surface area contributed by atoms with E-state index in [1.165, 1.54) is 10.9 Å². The average Bonchev–Trinajstić information content (AvgIpc) is 2.78. The number of fused-ring (bicyclic) bond motifs is 1. The van der Waals surface area contributed by atoms with E-state index in [-0.39, 0.29) is 37.0 Å². The first kappa shape index (κ1) is 24.3. The minimum Gasteiger partial charge on any atom is -0.394 e. The van der Waals surface area contributed by atoms with Crippen molar-refractivity contribution in [2.45, 2.75) is 6.73 Å². The van der Waals surface area contributed by atoms with E-state index in [1.54, 1.807) is 0 Å². The standard InChI is InChI=1S/C8H11N5O3.2H3O4P/c9-8-11-6-5(7(15)12-8)10-3-13(6)4-16-2-1-14;2*1-5(2,3)4/h3,14H,1-2,4H2,(H3,9,11,12,15);2*(H3,1,2,3,4). The zero-order chi connectivity index (χ0) is 20.5. The fourth-order valence-electron chi connectivity index (χ4n) is 1.29. The molecule has 18 heteroatoms. The van der Waals surface area contributed by atoms with Crippen LogP contribution in [0.3, 0.4) is 0 Å². The summed E-state index contributed by atoms with van der Waals surface area (Å²) in [6.45, 7) is 0.300. The second kappa shape index (κ2) is 10.4. The van der Waals surface area contributed by atoms with Crippen molar-refractivity contribution in [3.8, 4) is 0 Å². The molecule has 0 unspecified atom stereocenters. The number of hydrogen-bond donors (Lipinski definition) is 9. The van der Waals surface area contributed by atoms with Gasteiger partial charge in [-0.2, -0.15) is 4.98 Å². The summed E-state index contributed by atoms with van der Waals surface area (Å²) in [5.74, 6) is 0.0291. The van der Waals surface area contributed by atoms with Crippen LogP contribution >= 0.6 is 15.6 Å². The number of aromatic amines is 1. The number of nitrogens with two attached hydrogens (primary N) is 1. The van der Waals surface area contributed by atoms with Gasteiger partial charge >= 0.3 is 15.6 Å². The molecule has 2 rings (SSSR count). The Morgan fingerprint density at radius 3 is 2.12 bits per heavy atom. The molecule has 2 heterocycles. The number of anilines is 1. The smallest absolute Gasteiger partial charge is 0.394 e. The van der Waals surface area contributed by atoms with E-state index in [0.717, 1.165) is 0 Å². The number of nitrogens with zero attached hydrogens (tertiary/aromatic N) is 3. The summed E-state index contributed by atoms with van der Waals surface area (Å²) in [6.07, 6.45) is 1.43. The Balaban J connectivity index is 0.000000520. The predicted molar refractivity (Wildman–Crippen MR) is 84.1 cm³/mol. The highest BCUT2D eigenvalue weighted by atomic mass is 31.2. The molecule has 0 saturated carbocycles. The highest BCUT2D eigenvalue weighted by Crippen LogP contribution is 2.26. The molecule has 0 aliphatic heterocycles. The maximum absolute atomic E-state index is 11.4. The Labute approximate surface area is 144 Å². The van der Waals surface area contributed by atoms with Crippen molar-refractivity contribution < 1.29 is 48.3 Å². The third-order valence-electron chi connectivity index (χ3n) is 1.96. The number of phosphoric acid groups is 2. The third kappa shape index (κ3) is 12.6. The molecule has 16 nitrogen and oxygen atoms in total. The van der Waals surface area contributed by atoms with E-state index in [1.807, 2.05) is 0 Å². The SMILES string of the molecule is Nc1nc2c(ncn2COCCO)c(=O)[nH]1.O=P(O)(O)O.O=P(O)(O)O. The first-order chi connectivity index (χ1) is 11.7. The molecule has 2 aromatic rings. The van der Waals surface area contributed by atoms with Gasteiger partial charge in [0.1, 0.15) is 6.73 Å². The van der Waals surface area contributed by atoms with E-state index < -0.39 is 15.6 Å². The lowest BCUT2D eigenvalue weighted by Gasteiger charge is -2.03. The third-order valence-corrected chi connectivity index (χ3v) is 1.96. The normalized spacial score (nSPS) is 11.3. The Morgan fingerprint density at radius 1 is 1.15 bits per heavy atom. The van der Waals surface area contributed by atoms with Gasteiger partial charge in [-0.3, -0.25) is 14.3 Å². The minimum absolute atomic E-state index is 0.0291. The van der Waals surface area contributed by atoms with Crippen molar-refractivity contribution >= 4 is 32.8 Å². The molecule has 0 aliphatic carbocycles. The number of ether oxygens (including phenoxy) is 1. The molecular formula is C8H17N5O11P2. The van der Waals surface area contributed by atoms with Crippen LogP contribution in [0.5, 0.6) is 0 Å². The van der Waals surface area contributed by atoms with E-state index in [4.69, 9.17) is 54.1 Å². The van der Waals surface area contributed by atoms with Crippen molar-refractivity contribution in [1.82, 2.24) is 19.5 Å². The van der Waals surface area contributed by atoms with Crippen molar-refractivity contribution in [3.63, 3.8) is 0 Å². The van der Waals surface area contributed by atoms with E-state index in [0.29, 0.717) is 5.65 Å². The van der Waals surface area contributed by atoms with Crippen molar-refractivity contribution in [3.05, 3.63) is 16.7 Å². The summed E-state index contributed by atoms with van der Waals surface area (Å²) < 4.78 is 24.4. The largest absolute Gasteiger partial charge is 0.466 e. The Bertz CT molecular complexity index is 802. The van der Waals surface area contributed by atoms with Gasteiger partial charge in [-0.15, -0.1) is 0 Å². The van der Waals surface area contributed by atoms with Crippen LogP contribution in [-0.2, 0) is 20.6 Å². The number of aromatic nitrogens is 4. The summed E-state index contributed by atoms with van der Waals surface area (Å²) in [5, 5.41) is 8.56. The fraction of sp³-hybridized carbons (Fsp3) is 0.375. The lowest BCUT2D eigenvalue weighted by Crippen LogP contribution is -2.13. The molecule has 2 aromatic heterocycles. The number of hydrogen-bond acceptors (Lipinski definition) is 8. The molecule has 0 aliphatic rings. The number of nitrogen functional groups attached to an aromatic ring is 1. The zero-order valence-electron chi connectivity index (χ0n) is 12.8. The lowest BCUT2D eigenvalue weighted by atomic mass is 10.5. The molecule has 0 bridgehead atoms. The number of rotatable bonds is 4. The van der Waals surface area contributed by atoms with Gasteiger partial charge in [-0.25, -0.2) is 14.1 Å². The van der Waals surface area contributed by atoms with Crippen LogP contribution < -0.4 is 11.3 Å².